The summed E-state index contributed by atoms with van der Waals surface area (Å²) in [6.07, 6.45) is 1.65. The highest BCUT2D eigenvalue weighted by Crippen LogP contribution is 2.33. The summed E-state index contributed by atoms with van der Waals surface area (Å²) < 4.78 is 5.52. The second-order valence-corrected chi connectivity index (χ2v) is 9.30. The number of piperazine rings is 1. The van der Waals surface area contributed by atoms with Gasteiger partial charge in [0, 0.05) is 67.5 Å². The van der Waals surface area contributed by atoms with Crippen LogP contribution in [-0.2, 0) is 4.74 Å². The molecule has 2 saturated heterocycles. The van der Waals surface area contributed by atoms with E-state index >= 15 is 0 Å². The number of benzene rings is 2. The Morgan fingerprint density at radius 1 is 1.00 bits per heavy atom. The van der Waals surface area contributed by atoms with E-state index in [0.29, 0.717) is 6.04 Å². The molecule has 2 aromatic carbocycles. The number of nitrogens with zero attached hydrogens (tertiary/aromatic N) is 2. The van der Waals surface area contributed by atoms with Crippen LogP contribution in [0.1, 0.15) is 33.6 Å². The number of ether oxygens (including phenoxy) is 1. The number of nitrogens with one attached hydrogen (secondary N) is 2. The number of likely N-dealkylation sites (tertiary alicyclic amines) is 1. The van der Waals surface area contributed by atoms with E-state index in [0.717, 1.165) is 52.1 Å². The van der Waals surface area contributed by atoms with Crippen molar-refractivity contribution < 1.29 is 9.53 Å². The van der Waals surface area contributed by atoms with Gasteiger partial charge in [0.15, 0.2) is 0 Å². The number of carbonyl (C=O) groups is 1. The maximum Gasteiger partial charge on any atom is 0.410 e. The molecule has 0 spiro atoms. The lowest BCUT2D eigenvalue weighted by Crippen LogP contribution is -2.44. The molecule has 0 radical (unpaired) electrons. The van der Waals surface area contributed by atoms with Crippen molar-refractivity contribution in [2.45, 2.75) is 45.3 Å². The normalized spacial score (nSPS) is 18.5. The Labute approximate surface area is 179 Å². The average Bonchev–Trinajstić information content (AvgIpc) is 2.74. The third-order valence-electron chi connectivity index (χ3n) is 5.87. The van der Waals surface area contributed by atoms with Gasteiger partial charge in [0.1, 0.15) is 5.60 Å². The average molecular weight is 411 g/mol. The first kappa shape index (κ1) is 20.8. The predicted molar refractivity (Wildman–Crippen MR) is 123 cm³/mol. The number of piperidine rings is 1. The molecule has 2 N–H and O–H groups in total. The first-order valence-electron chi connectivity index (χ1n) is 11.1. The molecule has 0 atom stereocenters. The van der Waals surface area contributed by atoms with Crippen LogP contribution in [0.15, 0.2) is 36.4 Å². The highest BCUT2D eigenvalue weighted by molar-refractivity contribution is 6.02. The minimum atomic E-state index is -0.447. The molecule has 0 aliphatic carbocycles. The largest absolute Gasteiger partial charge is 0.444 e. The fourth-order valence-corrected chi connectivity index (χ4v) is 4.34. The molecule has 2 fully saturated rings. The van der Waals surface area contributed by atoms with Gasteiger partial charge in [-0.15, -0.1) is 0 Å². The number of rotatable bonds is 3. The van der Waals surface area contributed by atoms with Crippen molar-refractivity contribution in [1.29, 1.82) is 0 Å². The van der Waals surface area contributed by atoms with E-state index in [-0.39, 0.29) is 6.09 Å². The molecule has 2 aliphatic rings. The maximum atomic E-state index is 12.3. The topological polar surface area (TPSA) is 56.8 Å². The Bertz CT molecular complexity index is 878. The van der Waals surface area contributed by atoms with Crippen LogP contribution in [0, 0.1) is 0 Å². The van der Waals surface area contributed by atoms with Crippen molar-refractivity contribution >= 4 is 28.2 Å². The van der Waals surface area contributed by atoms with Gasteiger partial charge in [0.25, 0.3) is 0 Å². The Morgan fingerprint density at radius 3 is 2.33 bits per heavy atom. The molecule has 0 aromatic heterocycles. The van der Waals surface area contributed by atoms with Crippen LogP contribution >= 0.6 is 0 Å². The van der Waals surface area contributed by atoms with Crippen LogP contribution < -0.4 is 15.5 Å². The number of amides is 1. The summed E-state index contributed by atoms with van der Waals surface area (Å²) >= 11 is 0. The van der Waals surface area contributed by atoms with Gasteiger partial charge in [0.2, 0.25) is 0 Å². The van der Waals surface area contributed by atoms with Crippen LogP contribution in [0.25, 0.3) is 10.8 Å². The Balaban J connectivity index is 1.44. The van der Waals surface area contributed by atoms with Crippen molar-refractivity contribution in [2.75, 3.05) is 49.5 Å². The molecule has 0 unspecified atom stereocenters. The maximum absolute atomic E-state index is 12.3. The highest BCUT2D eigenvalue weighted by atomic mass is 16.6. The lowest BCUT2D eigenvalue weighted by molar-refractivity contribution is 0.0210. The second-order valence-electron chi connectivity index (χ2n) is 9.30. The zero-order chi connectivity index (χ0) is 21.1. The number of anilines is 2. The minimum absolute atomic E-state index is 0.202. The molecule has 2 heterocycles. The van der Waals surface area contributed by atoms with Crippen molar-refractivity contribution in [3.05, 3.63) is 36.4 Å². The molecule has 1 amide bonds. The standard InChI is InChI=1S/C24H34N4O2/c1-24(2,3)30-23(29)28-14-10-18(11-15-28)26-21-8-9-22(27-16-12-25-13-17-27)20-7-5-4-6-19(20)21/h4-9,18,25-26H,10-17H2,1-3H3. The summed E-state index contributed by atoms with van der Waals surface area (Å²) in [5.41, 5.74) is 2.05. The van der Waals surface area contributed by atoms with E-state index < -0.39 is 5.60 Å². The van der Waals surface area contributed by atoms with Crippen LogP contribution in [0.2, 0.25) is 0 Å². The van der Waals surface area contributed by atoms with Crippen molar-refractivity contribution in [2.24, 2.45) is 0 Å². The summed E-state index contributed by atoms with van der Waals surface area (Å²) in [6, 6.07) is 13.5. The van der Waals surface area contributed by atoms with Gasteiger partial charge in [-0.1, -0.05) is 24.3 Å². The minimum Gasteiger partial charge on any atom is -0.444 e. The van der Waals surface area contributed by atoms with Crippen LogP contribution in [0.4, 0.5) is 16.2 Å². The van der Waals surface area contributed by atoms with Crippen LogP contribution in [0.3, 0.4) is 0 Å². The van der Waals surface area contributed by atoms with Crippen LogP contribution in [0.5, 0.6) is 0 Å². The van der Waals surface area contributed by atoms with Crippen molar-refractivity contribution in [3.8, 4) is 0 Å². The Hall–Kier alpha value is -2.47. The number of hydrogen-bond donors (Lipinski definition) is 2. The van der Waals surface area contributed by atoms with Crippen molar-refractivity contribution in [1.82, 2.24) is 10.2 Å². The summed E-state index contributed by atoms with van der Waals surface area (Å²) in [5.74, 6) is 0. The zero-order valence-corrected chi connectivity index (χ0v) is 18.4. The quantitative estimate of drug-likeness (QED) is 0.799. The smallest absolute Gasteiger partial charge is 0.410 e. The summed E-state index contributed by atoms with van der Waals surface area (Å²) in [6.45, 7) is 11.3. The molecular weight excluding hydrogens is 376 g/mol. The van der Waals surface area contributed by atoms with Gasteiger partial charge in [0.05, 0.1) is 0 Å². The molecule has 4 rings (SSSR count). The number of hydrogen-bond acceptors (Lipinski definition) is 5. The summed E-state index contributed by atoms with van der Waals surface area (Å²) in [4.78, 5) is 16.6. The third-order valence-corrected chi connectivity index (χ3v) is 5.87. The molecule has 30 heavy (non-hydrogen) atoms. The Kier molecular flexibility index (Phi) is 6.04. The molecule has 6 nitrogen and oxygen atoms in total. The van der Waals surface area contributed by atoms with Gasteiger partial charge in [-0.3, -0.25) is 0 Å². The Morgan fingerprint density at radius 2 is 1.67 bits per heavy atom. The van der Waals surface area contributed by atoms with E-state index in [1.807, 2.05) is 25.7 Å². The summed E-state index contributed by atoms with van der Waals surface area (Å²) in [5, 5.41) is 9.75. The third kappa shape index (κ3) is 4.81. The molecule has 162 valence electrons. The van der Waals surface area contributed by atoms with Gasteiger partial charge in [-0.2, -0.15) is 0 Å². The zero-order valence-electron chi connectivity index (χ0n) is 18.4. The van der Waals surface area contributed by atoms with Crippen molar-refractivity contribution in [3.63, 3.8) is 0 Å². The second kappa shape index (κ2) is 8.72. The van der Waals surface area contributed by atoms with Crippen LogP contribution in [-0.4, -0.2) is 61.9 Å². The highest BCUT2D eigenvalue weighted by Gasteiger charge is 2.27. The van der Waals surface area contributed by atoms with Gasteiger partial charge in [-0.05, 0) is 45.7 Å². The molecule has 2 aliphatic heterocycles. The van der Waals surface area contributed by atoms with E-state index in [9.17, 15) is 4.79 Å². The van der Waals surface area contributed by atoms with Gasteiger partial charge in [-0.25, -0.2) is 4.79 Å². The fourth-order valence-electron chi connectivity index (χ4n) is 4.34. The van der Waals surface area contributed by atoms with Gasteiger partial charge < -0.3 is 25.2 Å². The number of carbonyl (C=O) groups excluding carboxylic acids is 1. The fraction of sp³-hybridized carbons (Fsp3) is 0.542. The lowest BCUT2D eigenvalue weighted by Gasteiger charge is -2.34. The number of fused-ring (bicyclic) bond motifs is 1. The van der Waals surface area contributed by atoms with E-state index in [1.54, 1.807) is 0 Å². The predicted octanol–water partition coefficient (Wildman–Crippen LogP) is 4.06. The molecule has 0 saturated carbocycles. The summed E-state index contributed by atoms with van der Waals surface area (Å²) in [7, 11) is 0. The van der Waals surface area contributed by atoms with E-state index in [2.05, 4.69) is 51.9 Å². The lowest BCUT2D eigenvalue weighted by atomic mass is 10.0. The first-order valence-corrected chi connectivity index (χ1v) is 11.1. The molecular formula is C24H34N4O2. The monoisotopic (exact) mass is 410 g/mol. The molecule has 6 heteroatoms. The molecule has 2 aromatic rings. The first-order chi connectivity index (χ1) is 14.4. The van der Waals surface area contributed by atoms with E-state index in [4.69, 9.17) is 4.74 Å². The SMILES string of the molecule is CC(C)(C)OC(=O)N1CCC(Nc2ccc(N3CCNCC3)c3ccccc23)CC1. The molecule has 0 bridgehead atoms. The van der Waals surface area contributed by atoms with Gasteiger partial charge >= 0.3 is 6.09 Å². The van der Waals surface area contributed by atoms with E-state index in [1.165, 1.54) is 22.1 Å².